The van der Waals surface area contributed by atoms with Crippen molar-refractivity contribution in [2.75, 3.05) is 26.2 Å². The van der Waals surface area contributed by atoms with E-state index in [1.165, 1.54) is 17.0 Å². The van der Waals surface area contributed by atoms with Gasteiger partial charge in [-0.2, -0.15) is 0 Å². The zero-order chi connectivity index (χ0) is 14.4. The number of likely N-dealkylation sites (tertiary alicyclic amines) is 2. The molecule has 3 N–H and O–H groups in total. The van der Waals surface area contributed by atoms with Crippen LogP contribution in [0.2, 0.25) is 0 Å². The molecule has 2 bridgehead atoms. The zero-order valence-corrected chi connectivity index (χ0v) is 12.5. The number of allylic oxidation sites excluding steroid dienone is 1. The minimum atomic E-state index is 0.359. The number of dihydropyridines is 1. The molecule has 0 aromatic carbocycles. The quantitative estimate of drug-likeness (QED) is 0.792. The third kappa shape index (κ3) is 2.10. The lowest BCUT2D eigenvalue weighted by atomic mass is 9.90. The largest absolute Gasteiger partial charge is 0.396 e. The van der Waals surface area contributed by atoms with Gasteiger partial charge >= 0.3 is 0 Å². The molecule has 3 fully saturated rings. The van der Waals surface area contributed by atoms with Crippen LogP contribution in [-0.4, -0.2) is 47.9 Å². The Morgan fingerprint density at radius 2 is 1.90 bits per heavy atom. The summed E-state index contributed by atoms with van der Waals surface area (Å²) < 4.78 is 0. The maximum absolute atomic E-state index is 11.9. The first-order chi connectivity index (χ1) is 10.2. The first-order valence-electron chi connectivity index (χ1n) is 8.23. The number of carbonyl (C=O) groups is 1. The highest BCUT2D eigenvalue weighted by atomic mass is 16.2. The predicted octanol–water partition coefficient (Wildman–Crippen LogP) is 0.895. The van der Waals surface area contributed by atoms with Crippen molar-refractivity contribution in [3.8, 4) is 0 Å². The fourth-order valence-corrected chi connectivity index (χ4v) is 4.28. The summed E-state index contributed by atoms with van der Waals surface area (Å²) in [6.45, 7) is 3.99. The van der Waals surface area contributed by atoms with E-state index in [1.807, 2.05) is 0 Å². The van der Waals surface area contributed by atoms with Crippen molar-refractivity contribution in [3.05, 3.63) is 22.7 Å². The summed E-state index contributed by atoms with van der Waals surface area (Å²) in [4.78, 5) is 16.5. The first-order valence-corrected chi connectivity index (χ1v) is 8.23. The fourth-order valence-electron chi connectivity index (χ4n) is 4.28. The third-order valence-corrected chi connectivity index (χ3v) is 5.44. The number of fused-ring (bicyclic) bond motifs is 3. The Kier molecular flexibility index (Phi) is 3.08. The number of nitrogens with two attached hydrogens (primary N) is 1. The summed E-state index contributed by atoms with van der Waals surface area (Å²) in [5.74, 6) is 0.359. The highest BCUT2D eigenvalue weighted by molar-refractivity contribution is 5.78. The van der Waals surface area contributed by atoms with Gasteiger partial charge in [-0.25, -0.2) is 0 Å². The Hall–Kier alpha value is -1.65. The molecule has 3 saturated heterocycles. The second-order valence-corrected chi connectivity index (χ2v) is 6.61. The first kappa shape index (κ1) is 13.0. The maximum Gasteiger partial charge on any atom is 0.222 e. The molecule has 0 aromatic heterocycles. The molecular formula is C16H24N4O. The Morgan fingerprint density at radius 1 is 1.10 bits per heavy atom. The Labute approximate surface area is 125 Å². The molecule has 0 unspecified atom stereocenters. The van der Waals surface area contributed by atoms with Crippen LogP contribution in [0.3, 0.4) is 0 Å². The van der Waals surface area contributed by atoms with Gasteiger partial charge in [-0.1, -0.05) is 0 Å². The molecule has 1 aliphatic carbocycles. The Morgan fingerprint density at radius 3 is 2.48 bits per heavy atom. The van der Waals surface area contributed by atoms with E-state index in [-0.39, 0.29) is 0 Å². The number of piperidine rings is 2. The van der Waals surface area contributed by atoms with Crippen LogP contribution < -0.4 is 11.1 Å². The fraction of sp³-hybridized carbons (Fsp3) is 0.688. The van der Waals surface area contributed by atoms with E-state index in [0.29, 0.717) is 11.9 Å². The maximum atomic E-state index is 11.9. The lowest BCUT2D eigenvalue weighted by Crippen LogP contribution is -2.47. The topological polar surface area (TPSA) is 61.6 Å². The van der Waals surface area contributed by atoms with Gasteiger partial charge in [0.2, 0.25) is 5.91 Å². The number of amides is 1. The predicted molar refractivity (Wildman–Crippen MR) is 81.0 cm³/mol. The minimum Gasteiger partial charge on any atom is -0.396 e. The Bertz CT molecular complexity index is 516. The van der Waals surface area contributed by atoms with Gasteiger partial charge in [0.15, 0.2) is 0 Å². The third-order valence-electron chi connectivity index (χ3n) is 5.44. The molecule has 5 rings (SSSR count). The zero-order valence-electron chi connectivity index (χ0n) is 12.5. The molecule has 21 heavy (non-hydrogen) atoms. The molecule has 4 aliphatic heterocycles. The van der Waals surface area contributed by atoms with Crippen molar-refractivity contribution in [2.24, 2.45) is 5.73 Å². The molecule has 1 amide bonds. The van der Waals surface area contributed by atoms with Crippen LogP contribution in [0.15, 0.2) is 22.7 Å². The second kappa shape index (κ2) is 4.97. The van der Waals surface area contributed by atoms with E-state index >= 15 is 0 Å². The van der Waals surface area contributed by atoms with Crippen molar-refractivity contribution < 1.29 is 4.79 Å². The van der Waals surface area contributed by atoms with Crippen LogP contribution in [-0.2, 0) is 4.79 Å². The number of nitrogens with zero attached hydrogens (tertiary/aromatic N) is 2. The molecule has 0 spiro atoms. The van der Waals surface area contributed by atoms with Gasteiger partial charge in [-0.05, 0) is 37.7 Å². The van der Waals surface area contributed by atoms with E-state index in [0.717, 1.165) is 70.4 Å². The summed E-state index contributed by atoms with van der Waals surface area (Å²) in [5, 5.41) is 3.41. The normalized spacial score (nSPS) is 27.0. The average Bonchev–Trinajstić information content (AvgIpc) is 2.95. The van der Waals surface area contributed by atoms with E-state index in [9.17, 15) is 4.79 Å². The van der Waals surface area contributed by atoms with Gasteiger partial charge in [-0.15, -0.1) is 0 Å². The lowest BCUT2D eigenvalue weighted by Gasteiger charge is -2.42. The number of carbonyl (C=O) groups excluding carboxylic acids is 1. The van der Waals surface area contributed by atoms with Crippen LogP contribution >= 0.6 is 0 Å². The van der Waals surface area contributed by atoms with Gasteiger partial charge in [0, 0.05) is 44.3 Å². The molecule has 4 heterocycles. The SMILES string of the molecule is NC1=C2CCC(=C1N1CCC(N3CCCC3=O)CC1)CN2. The minimum absolute atomic E-state index is 0.359. The summed E-state index contributed by atoms with van der Waals surface area (Å²) >= 11 is 0. The molecule has 5 heteroatoms. The molecule has 0 saturated carbocycles. The van der Waals surface area contributed by atoms with Gasteiger partial charge < -0.3 is 20.9 Å². The van der Waals surface area contributed by atoms with Crippen LogP contribution in [0.1, 0.15) is 38.5 Å². The van der Waals surface area contributed by atoms with Crippen molar-refractivity contribution in [3.63, 3.8) is 0 Å². The highest BCUT2D eigenvalue weighted by Crippen LogP contribution is 2.34. The van der Waals surface area contributed by atoms with Gasteiger partial charge in [-0.3, -0.25) is 4.79 Å². The summed E-state index contributed by atoms with van der Waals surface area (Å²) in [5.41, 5.74) is 11.3. The molecule has 0 radical (unpaired) electrons. The van der Waals surface area contributed by atoms with Gasteiger partial charge in [0.1, 0.15) is 0 Å². The van der Waals surface area contributed by atoms with Crippen molar-refractivity contribution >= 4 is 5.91 Å². The van der Waals surface area contributed by atoms with Crippen LogP contribution in [0.5, 0.6) is 0 Å². The van der Waals surface area contributed by atoms with E-state index in [4.69, 9.17) is 5.73 Å². The molecular weight excluding hydrogens is 264 g/mol. The van der Waals surface area contributed by atoms with Crippen LogP contribution in [0.4, 0.5) is 0 Å². The smallest absolute Gasteiger partial charge is 0.222 e. The van der Waals surface area contributed by atoms with Crippen molar-refractivity contribution in [1.82, 2.24) is 15.1 Å². The second-order valence-electron chi connectivity index (χ2n) is 6.61. The van der Waals surface area contributed by atoms with Crippen molar-refractivity contribution in [2.45, 2.75) is 44.6 Å². The van der Waals surface area contributed by atoms with E-state index in [1.54, 1.807) is 0 Å². The number of hydrogen-bond acceptors (Lipinski definition) is 4. The number of hydrogen-bond donors (Lipinski definition) is 2. The molecule has 0 atom stereocenters. The van der Waals surface area contributed by atoms with Crippen LogP contribution in [0, 0.1) is 0 Å². The average molecular weight is 288 g/mol. The summed E-state index contributed by atoms with van der Waals surface area (Å²) in [6.07, 6.45) is 6.18. The summed E-state index contributed by atoms with van der Waals surface area (Å²) in [6, 6.07) is 0.453. The molecule has 5 aliphatic rings. The highest BCUT2D eigenvalue weighted by Gasteiger charge is 2.34. The number of nitrogens with one attached hydrogen (secondary N) is 1. The van der Waals surface area contributed by atoms with Gasteiger partial charge in [0.05, 0.1) is 11.4 Å². The van der Waals surface area contributed by atoms with Crippen LogP contribution in [0.25, 0.3) is 0 Å². The molecule has 114 valence electrons. The Balaban J connectivity index is 1.45. The standard InChI is InChI=1S/C16H24N4O/c17-15-13-4-3-11(10-18-13)16(15)19-8-5-12(6-9-19)20-7-1-2-14(20)21/h12,18H,1-10,17H2. The van der Waals surface area contributed by atoms with Crippen molar-refractivity contribution in [1.29, 1.82) is 0 Å². The van der Waals surface area contributed by atoms with E-state index < -0.39 is 0 Å². The number of rotatable bonds is 2. The summed E-state index contributed by atoms with van der Waals surface area (Å²) in [7, 11) is 0. The lowest BCUT2D eigenvalue weighted by molar-refractivity contribution is -0.130. The van der Waals surface area contributed by atoms with E-state index in [2.05, 4.69) is 15.1 Å². The molecule has 0 aromatic rings. The van der Waals surface area contributed by atoms with Gasteiger partial charge in [0.25, 0.3) is 0 Å². The molecule has 5 nitrogen and oxygen atoms in total. The monoisotopic (exact) mass is 288 g/mol.